The molecule has 5 atom stereocenters. The zero-order chi connectivity index (χ0) is 45.9. The number of benzene rings is 2. The largest absolute Gasteiger partial charge is 0.491 e. The standard InChI is InChI=1S/C39H50N2O10.C10H6.C3H6O2.H2/c42-38-40(18-34(50-38)20-44-30-3-1-5-32(16-30)46-22-36-24-48-36)28-11-7-26(8-12-28)15-27-9-13-29(14-10-27)41-19-35(51-39(41)43)21-45-31-4-2-6-33(17-31)47-23-37-25-49-37;1-3-5-7-9-10-8-6-4-2;4-1-3-2-5-3;/h1-6,16-17,26-29,34-37H,7-15,18-25H2;1,4,8H,2H3;3-4H,1-2H2;1H. The highest BCUT2D eigenvalue weighted by atomic mass is 16.6. The Morgan fingerprint density at radius 2 is 1.08 bits per heavy atom. The number of cyclic esters (lactones) is 2. The number of rotatable bonds is 17. The number of aliphatic hydroxyl groups excluding tert-OH is 1. The van der Waals surface area contributed by atoms with Crippen molar-refractivity contribution in [2.24, 2.45) is 11.8 Å². The third kappa shape index (κ3) is 16.3. The molecule has 5 heterocycles. The lowest BCUT2D eigenvalue weighted by Crippen LogP contribution is -2.40. The quantitative estimate of drug-likeness (QED) is 0.101. The van der Waals surface area contributed by atoms with Gasteiger partial charge in [0.05, 0.1) is 39.5 Å². The van der Waals surface area contributed by atoms with E-state index >= 15 is 0 Å². The number of carbonyl (C=O) groups excluding carboxylic acids is 2. The van der Waals surface area contributed by atoms with E-state index in [0.717, 1.165) is 82.7 Å². The number of terminal acetylenes is 1. The van der Waals surface area contributed by atoms with Gasteiger partial charge in [-0.25, -0.2) is 9.59 Å². The Morgan fingerprint density at radius 3 is 1.44 bits per heavy atom. The summed E-state index contributed by atoms with van der Waals surface area (Å²) in [7, 11) is 0. The first-order valence-corrected chi connectivity index (χ1v) is 23.3. The Labute approximate surface area is 390 Å². The van der Waals surface area contributed by atoms with Crippen LogP contribution in [0.3, 0.4) is 0 Å². The molecule has 2 aliphatic carbocycles. The maximum absolute atomic E-state index is 12.8. The van der Waals surface area contributed by atoms with E-state index in [4.69, 9.17) is 49.4 Å². The summed E-state index contributed by atoms with van der Waals surface area (Å²) < 4.78 is 49.9. The number of nitrogens with zero attached hydrogens (tertiary/aromatic N) is 2. The van der Waals surface area contributed by atoms with Crippen molar-refractivity contribution in [1.82, 2.24) is 9.80 Å². The number of amides is 2. The van der Waals surface area contributed by atoms with E-state index in [0.29, 0.717) is 62.9 Å². The fourth-order valence-electron chi connectivity index (χ4n) is 8.54. The number of carbonyl (C=O) groups is 2. The number of ether oxygens (including phenoxy) is 9. The number of allylic oxidation sites excluding steroid dienone is 1. The molecule has 7 fully saturated rings. The molecule has 2 aromatic rings. The summed E-state index contributed by atoms with van der Waals surface area (Å²) in [5.74, 6) is 16.4. The van der Waals surface area contributed by atoms with Gasteiger partial charge in [-0.05, 0) is 131 Å². The molecule has 0 bridgehead atoms. The predicted molar refractivity (Wildman–Crippen MR) is 246 cm³/mol. The van der Waals surface area contributed by atoms with Crippen LogP contribution in [0.25, 0.3) is 0 Å². The summed E-state index contributed by atoms with van der Waals surface area (Å²) in [6.07, 6.45) is 17.6. The monoisotopic (exact) mass is 908 g/mol. The minimum atomic E-state index is -0.282. The minimum absolute atomic E-state index is 0. The van der Waals surface area contributed by atoms with Gasteiger partial charge in [0.25, 0.3) is 0 Å². The van der Waals surface area contributed by atoms with Crippen LogP contribution in [0.4, 0.5) is 9.59 Å². The Morgan fingerprint density at radius 1 is 0.652 bits per heavy atom. The van der Waals surface area contributed by atoms with Gasteiger partial charge in [0.1, 0.15) is 67.7 Å². The Kier molecular flexibility index (Phi) is 18.4. The normalized spacial score (nSPS) is 27.6. The molecule has 2 aromatic carbocycles. The van der Waals surface area contributed by atoms with E-state index in [2.05, 4.69) is 40.1 Å². The summed E-state index contributed by atoms with van der Waals surface area (Å²) in [6.45, 7) is 7.20. The van der Waals surface area contributed by atoms with Crippen LogP contribution < -0.4 is 18.9 Å². The maximum atomic E-state index is 12.8. The molecule has 5 unspecified atom stereocenters. The lowest BCUT2D eigenvalue weighted by molar-refractivity contribution is 0.0977. The average Bonchev–Trinajstić information content (AvgIpc) is 4.25. The molecule has 7 aliphatic rings. The lowest BCUT2D eigenvalue weighted by Gasteiger charge is -2.37. The fourth-order valence-corrected chi connectivity index (χ4v) is 8.54. The SMILES string of the molecule is C#CC#CC#CC=C=CC.O=C1OC(COc2cccc(OCC3CO3)c2)CN1C1CCC(CC2CCC(N3CC(COc4cccc(OCC5CO5)c4)OC3=O)CC2)CC1.OCC1CO1.[HH]. The highest BCUT2D eigenvalue weighted by Crippen LogP contribution is 2.39. The number of hydrogen-bond acceptors (Lipinski definition) is 12. The molecule has 5 saturated heterocycles. The first-order valence-electron chi connectivity index (χ1n) is 23.3. The number of aliphatic hydroxyl groups is 1. The van der Waals surface area contributed by atoms with Crippen LogP contribution in [0.15, 0.2) is 66.4 Å². The molecule has 1 N–H and O–H groups in total. The Hall–Kier alpha value is -5.78. The Bertz CT molecular complexity index is 2010. The second-order valence-corrected chi connectivity index (χ2v) is 17.4. The van der Waals surface area contributed by atoms with E-state index in [1.165, 1.54) is 6.42 Å². The molecule has 2 amide bonds. The summed E-state index contributed by atoms with van der Waals surface area (Å²) in [4.78, 5) is 29.5. The van der Waals surface area contributed by atoms with Gasteiger partial charge in [-0.3, -0.25) is 0 Å². The predicted octanol–water partition coefficient (Wildman–Crippen LogP) is 6.83. The molecule has 5 aliphatic heterocycles. The highest BCUT2D eigenvalue weighted by molar-refractivity contribution is 5.71. The number of epoxide rings is 3. The molecule has 0 aromatic heterocycles. The van der Waals surface area contributed by atoms with Crippen molar-refractivity contribution in [2.45, 2.75) is 107 Å². The molecule has 9 rings (SSSR count). The fraction of sp³-hybridized carbons (Fsp3) is 0.558. The topological polar surface area (TPSA) is 154 Å². The zero-order valence-electron chi connectivity index (χ0n) is 37.8. The summed E-state index contributed by atoms with van der Waals surface area (Å²) in [5.41, 5.74) is 2.78. The molecule has 66 heavy (non-hydrogen) atoms. The third-order valence-electron chi connectivity index (χ3n) is 12.3. The van der Waals surface area contributed by atoms with Crippen LogP contribution in [-0.4, -0.2) is 136 Å². The van der Waals surface area contributed by atoms with Crippen LogP contribution in [0.1, 0.15) is 66.1 Å². The third-order valence-corrected chi connectivity index (χ3v) is 12.3. The van der Waals surface area contributed by atoms with Gasteiger partial charge >= 0.3 is 12.2 Å². The molecule has 14 nitrogen and oxygen atoms in total. The van der Waals surface area contributed by atoms with Crippen molar-refractivity contribution in [3.63, 3.8) is 0 Å². The molecule has 0 radical (unpaired) electrons. The molecular weight excluding hydrogens is 845 g/mol. The lowest BCUT2D eigenvalue weighted by atomic mass is 9.75. The van der Waals surface area contributed by atoms with Gasteiger partial charge in [-0.2, -0.15) is 0 Å². The average molecular weight is 909 g/mol. The van der Waals surface area contributed by atoms with E-state index < -0.39 is 0 Å². The molecule has 354 valence electrons. The van der Waals surface area contributed by atoms with Gasteiger partial charge in [0, 0.05) is 31.7 Å². The molecule has 0 spiro atoms. The van der Waals surface area contributed by atoms with Crippen molar-refractivity contribution >= 4 is 12.2 Å². The second kappa shape index (κ2) is 25.2. The van der Waals surface area contributed by atoms with Crippen molar-refractivity contribution in [1.29, 1.82) is 0 Å². The van der Waals surface area contributed by atoms with Crippen molar-refractivity contribution in [2.75, 3.05) is 65.9 Å². The van der Waals surface area contributed by atoms with Crippen molar-refractivity contribution in [3.8, 4) is 59.0 Å². The Balaban J connectivity index is 0.000000397. The highest BCUT2D eigenvalue weighted by Gasteiger charge is 2.40. The zero-order valence-corrected chi connectivity index (χ0v) is 37.8. The molecule has 14 heteroatoms. The van der Waals surface area contributed by atoms with E-state index in [1.54, 1.807) is 12.2 Å². The van der Waals surface area contributed by atoms with Gasteiger partial charge < -0.3 is 57.5 Å². The van der Waals surface area contributed by atoms with Crippen LogP contribution in [0.2, 0.25) is 0 Å². The second-order valence-electron chi connectivity index (χ2n) is 17.4. The van der Waals surface area contributed by atoms with Gasteiger partial charge in [0.15, 0.2) is 12.2 Å². The molecular formula is C52H64N2O12. The molecule has 2 saturated carbocycles. The van der Waals surface area contributed by atoms with E-state index in [9.17, 15) is 9.59 Å². The summed E-state index contributed by atoms with van der Waals surface area (Å²) in [6, 6.07) is 15.6. The van der Waals surface area contributed by atoms with Crippen LogP contribution >= 0.6 is 0 Å². The van der Waals surface area contributed by atoms with Gasteiger partial charge in [-0.1, -0.05) is 18.1 Å². The van der Waals surface area contributed by atoms with Crippen LogP contribution in [0.5, 0.6) is 23.0 Å². The van der Waals surface area contributed by atoms with E-state index in [1.807, 2.05) is 65.3 Å². The first-order chi connectivity index (χ1) is 32.3. The summed E-state index contributed by atoms with van der Waals surface area (Å²) >= 11 is 0. The first kappa shape index (κ1) is 48.2. The maximum Gasteiger partial charge on any atom is 0.410 e. The van der Waals surface area contributed by atoms with Crippen molar-refractivity contribution < 1.29 is 58.8 Å². The van der Waals surface area contributed by atoms with Crippen molar-refractivity contribution in [3.05, 3.63) is 66.4 Å². The van der Waals surface area contributed by atoms with Crippen LogP contribution in [0, 0.1) is 47.9 Å². The van der Waals surface area contributed by atoms with E-state index in [-0.39, 0.29) is 62.8 Å². The van der Waals surface area contributed by atoms with Gasteiger partial charge in [-0.15, -0.1) is 12.2 Å². The summed E-state index contributed by atoms with van der Waals surface area (Å²) in [5, 5.41) is 8.08. The minimum Gasteiger partial charge on any atom is -0.491 e. The number of hydrogen-bond donors (Lipinski definition) is 1. The van der Waals surface area contributed by atoms with Gasteiger partial charge in [0.2, 0.25) is 0 Å². The van der Waals surface area contributed by atoms with Crippen LogP contribution in [-0.2, 0) is 23.7 Å². The smallest absolute Gasteiger partial charge is 0.410 e.